The zero-order chi connectivity index (χ0) is 105. The number of carboxylic acid groups (broad SMARTS) is 9. The zero-order valence-corrected chi connectivity index (χ0v) is 93.1. The van der Waals surface area contributed by atoms with Crippen molar-refractivity contribution in [1.82, 2.24) is 0 Å². The molecule has 4 rings (SSSR count). The molecule has 10 atom stereocenters. The molecule has 0 radical (unpaired) electrons. The molecule has 3 saturated carbocycles. The highest BCUT2D eigenvalue weighted by Gasteiger charge is 2.68. The number of carboxylic acids is 9. The third kappa shape index (κ3) is 53.0. The number of hydrogen-bond donors (Lipinski definition) is 9. The highest BCUT2D eigenvalue weighted by molar-refractivity contribution is 5.94. The van der Waals surface area contributed by atoms with Crippen molar-refractivity contribution in [2.75, 3.05) is 6.61 Å². The lowest BCUT2D eigenvalue weighted by Crippen LogP contribution is -2.61. The first-order chi connectivity index (χ1) is 69.4. The van der Waals surface area contributed by atoms with E-state index in [2.05, 4.69) is 40.7 Å². The zero-order valence-electron chi connectivity index (χ0n) is 93.1. The molecule has 4 aliphatic carbocycles. The summed E-state index contributed by atoms with van der Waals surface area (Å²) in [4.78, 5) is 127. The van der Waals surface area contributed by atoms with Gasteiger partial charge in [-0.05, 0) is 217 Å². The summed E-state index contributed by atoms with van der Waals surface area (Å²) in [5.74, 6) is -3.77. The SMILES string of the molecule is CC(C)CCC[C@@H](C)[C@H]1CCC2C3C(=O)C=C4CC(C(CCCCCCC(OCCCCCCCCCCCC(=O)O)C(=O)O)C(CCCCCCCCCCCC(=O)O)(CCCCCCCCCCCC(=O)O)C(CCCCCCCCCCCC(=O)O)(CCCCCCCCCCCC(=O)O)C(CCCCCCCCCCCC(=O)O)(CCCCCCCCCCCC(=O)O)C(=O)O)CC[C@]4(C)C3CC[C@@]21C. The maximum Gasteiger partial charge on any atom is 0.332 e. The van der Waals surface area contributed by atoms with Crippen molar-refractivity contribution in [2.45, 2.75) is 631 Å². The second kappa shape index (κ2) is 79.6. The minimum absolute atomic E-state index is 0.00452. The van der Waals surface area contributed by atoms with Gasteiger partial charge >= 0.3 is 53.7 Å². The predicted molar refractivity (Wildman–Crippen MR) is 585 cm³/mol. The maximum absolute atomic E-state index is 17.1. The smallest absolute Gasteiger partial charge is 0.332 e. The molecule has 3 fully saturated rings. The van der Waals surface area contributed by atoms with Gasteiger partial charge in [-0.1, -0.05) is 438 Å². The van der Waals surface area contributed by atoms with Crippen LogP contribution >= 0.6 is 0 Å². The van der Waals surface area contributed by atoms with E-state index in [4.69, 9.17) is 9.84 Å². The average Bonchev–Trinajstić information content (AvgIpc) is 0.947. The summed E-state index contributed by atoms with van der Waals surface area (Å²) in [6.45, 7) is 12.8. The molecule has 0 aliphatic heterocycles. The van der Waals surface area contributed by atoms with Gasteiger partial charge < -0.3 is 50.7 Å². The van der Waals surface area contributed by atoms with E-state index in [1.165, 1.54) is 31.3 Å². The fourth-order valence-corrected chi connectivity index (χ4v) is 28.5. The van der Waals surface area contributed by atoms with Gasteiger partial charge in [-0.25, -0.2) is 4.79 Å². The summed E-state index contributed by atoms with van der Waals surface area (Å²) < 4.78 is 6.29. The van der Waals surface area contributed by atoms with Crippen LogP contribution in [0.1, 0.15) is 625 Å². The largest absolute Gasteiger partial charge is 0.481 e. The Morgan fingerprint density at radius 2 is 0.618 bits per heavy atom. The Morgan fingerprint density at radius 3 is 0.938 bits per heavy atom. The molecular weight excluding hydrogens is 1810 g/mol. The number of carbonyl (C=O) groups excluding carboxylic acids is 1. The van der Waals surface area contributed by atoms with E-state index in [9.17, 15) is 79.2 Å². The summed E-state index contributed by atoms with van der Waals surface area (Å²) in [5, 5.41) is 91.1. The van der Waals surface area contributed by atoms with Crippen LogP contribution in [0.25, 0.3) is 0 Å². The van der Waals surface area contributed by atoms with Gasteiger partial charge in [0.25, 0.3) is 0 Å². The van der Waals surface area contributed by atoms with E-state index in [0.29, 0.717) is 107 Å². The molecule has 0 aromatic heterocycles. The first-order valence-corrected chi connectivity index (χ1v) is 61.3. The van der Waals surface area contributed by atoms with Crippen LogP contribution in [-0.4, -0.2) is 118 Å². The molecule has 20 nitrogen and oxygen atoms in total. The third-order valence-corrected chi connectivity index (χ3v) is 36.6. The summed E-state index contributed by atoms with van der Waals surface area (Å²) >= 11 is 0. The van der Waals surface area contributed by atoms with E-state index in [1.807, 2.05) is 0 Å². The van der Waals surface area contributed by atoms with Gasteiger partial charge in [0, 0.05) is 57.5 Å². The van der Waals surface area contributed by atoms with E-state index in [0.717, 1.165) is 449 Å². The molecule has 144 heavy (non-hydrogen) atoms. The van der Waals surface area contributed by atoms with Crippen molar-refractivity contribution in [2.24, 2.45) is 74.4 Å². The number of ketones is 1. The van der Waals surface area contributed by atoms with Crippen LogP contribution in [0.3, 0.4) is 0 Å². The summed E-state index contributed by atoms with van der Waals surface area (Å²) in [6, 6.07) is 0. The fourth-order valence-electron chi connectivity index (χ4n) is 28.5. The lowest BCUT2D eigenvalue weighted by atomic mass is 9.38. The topological polar surface area (TPSA) is 362 Å². The molecular formula is C124H220O20. The van der Waals surface area contributed by atoms with Crippen molar-refractivity contribution in [3.8, 4) is 0 Å². The number of fused-ring (bicyclic) bond motifs is 5. The number of hydrogen-bond acceptors (Lipinski definition) is 11. The van der Waals surface area contributed by atoms with Crippen LogP contribution in [0.5, 0.6) is 0 Å². The first kappa shape index (κ1) is 131. The minimum atomic E-state index is -1.15. The quantitative estimate of drug-likeness (QED) is 0.0255. The molecule has 0 amide bonds. The Labute approximate surface area is 877 Å². The number of rotatable bonds is 103. The Hall–Kier alpha value is -5.40. The van der Waals surface area contributed by atoms with Crippen molar-refractivity contribution in [1.29, 1.82) is 0 Å². The molecule has 6 unspecified atom stereocenters. The van der Waals surface area contributed by atoms with E-state index >= 15 is 9.59 Å². The predicted octanol–water partition coefficient (Wildman–Crippen LogP) is 35.5. The van der Waals surface area contributed by atoms with Gasteiger partial charge in [-0.15, -0.1) is 0 Å². The Bertz CT molecular complexity index is 3330. The third-order valence-electron chi connectivity index (χ3n) is 36.6. The summed E-state index contributed by atoms with van der Waals surface area (Å²) in [6.07, 6.45) is 83.1. The van der Waals surface area contributed by atoms with Crippen molar-refractivity contribution < 1.29 is 98.6 Å². The lowest BCUT2D eigenvalue weighted by Gasteiger charge is -2.65. The monoisotopic (exact) mass is 2030 g/mol. The molecule has 4 aliphatic rings. The van der Waals surface area contributed by atoms with Crippen LogP contribution in [0.4, 0.5) is 0 Å². The van der Waals surface area contributed by atoms with E-state index in [1.54, 1.807) is 0 Å². The van der Waals surface area contributed by atoms with Crippen molar-refractivity contribution in [3.05, 3.63) is 11.6 Å². The number of allylic oxidation sites excluding steroid dienone is 2. The van der Waals surface area contributed by atoms with Crippen LogP contribution in [0.15, 0.2) is 11.6 Å². The van der Waals surface area contributed by atoms with Gasteiger partial charge in [0.2, 0.25) is 0 Å². The normalized spacial score (nSPS) is 19.2. The Balaban J connectivity index is 2.17. The average molecular weight is 2030 g/mol. The van der Waals surface area contributed by atoms with Crippen molar-refractivity contribution in [3.63, 3.8) is 0 Å². The van der Waals surface area contributed by atoms with Crippen molar-refractivity contribution >= 4 is 59.5 Å². The van der Waals surface area contributed by atoms with Crippen LogP contribution < -0.4 is 0 Å². The highest BCUT2D eigenvalue weighted by atomic mass is 16.5. The van der Waals surface area contributed by atoms with Gasteiger partial charge in [0.15, 0.2) is 11.9 Å². The molecule has 0 bridgehead atoms. The molecule has 9 N–H and O–H groups in total. The standard InChI is InChI=1S/C124H220O20/c1-100(2)74-73-75-101(3)104-85-86-106-117-107(88-96-121(104,106)5)120(4)95-87-102(98-103(120)99-108(117)125)105(76-57-48-49-58-77-109(118(140)141)144-97-72-56-40-26-12-19-33-47-65-84-116(138)139)122(89-66-50-34-20-6-13-27-41-59-78-110(126)127,90-67-51-35-21-7-14-28-42-60-79-111(128)129)124(93-70-54-38-24-10-17-31-45-63-82-114(134)135,94-71-55-39-25-11-18-32-46-64-83-115(136)137)123(119(142)143,91-68-52-36-22-8-15-29-43-61-80-112(130)131)92-69-53-37-23-9-16-30-44-62-81-113(132)133/h99-102,104-107,109,117H,6-98H2,1-5H3,(H,126,127)(H,128,129)(H,130,131)(H,132,133)(H,134,135)(H,136,137)(H,138,139)(H,140,141)(H,142,143)/t101-,102?,104-,105?,106?,107?,109?,117?,120+,121-/m1/s1. The molecule has 20 heteroatoms. The van der Waals surface area contributed by atoms with Crippen LogP contribution in [0.2, 0.25) is 0 Å². The summed E-state index contributed by atoms with van der Waals surface area (Å²) in [7, 11) is 0. The Morgan fingerprint density at radius 1 is 0.319 bits per heavy atom. The molecule has 836 valence electrons. The van der Waals surface area contributed by atoms with Gasteiger partial charge in [0.05, 0.1) is 5.41 Å². The molecule has 0 spiro atoms. The molecule has 0 aromatic carbocycles. The van der Waals surface area contributed by atoms with Gasteiger partial charge in [-0.3, -0.25) is 43.2 Å². The second-order valence-electron chi connectivity index (χ2n) is 48.0. The van der Waals surface area contributed by atoms with Crippen LogP contribution in [-0.2, 0) is 52.7 Å². The van der Waals surface area contributed by atoms with E-state index in [-0.39, 0.29) is 79.4 Å². The number of carbonyl (C=O) groups is 10. The van der Waals surface area contributed by atoms with Gasteiger partial charge in [0.1, 0.15) is 0 Å². The number of unbranched alkanes of at least 4 members (excludes halogenated alkanes) is 59. The first-order valence-electron chi connectivity index (χ1n) is 61.3. The van der Waals surface area contributed by atoms with Crippen LogP contribution in [0, 0.1) is 74.4 Å². The maximum atomic E-state index is 17.1. The molecule has 0 heterocycles. The highest BCUT2D eigenvalue weighted by Crippen LogP contribution is 2.73. The second-order valence-corrected chi connectivity index (χ2v) is 48.0. The summed E-state index contributed by atoms with van der Waals surface area (Å²) in [5.41, 5.74) is -1.11. The Kier molecular flexibility index (Phi) is 72.3. The lowest BCUT2D eigenvalue weighted by molar-refractivity contribution is -0.198. The number of ether oxygens (including phenoxy) is 1. The minimum Gasteiger partial charge on any atom is -0.481 e. The molecule has 0 aromatic rings. The van der Waals surface area contributed by atoms with E-state index < -0.39 is 76.1 Å². The molecule has 0 saturated heterocycles. The number of aliphatic carboxylic acids is 9. The van der Waals surface area contributed by atoms with Gasteiger partial charge in [-0.2, -0.15) is 0 Å². The fraction of sp³-hybridized carbons (Fsp3) is 0.903.